The van der Waals surface area contributed by atoms with Gasteiger partial charge in [-0.15, -0.1) is 0 Å². The third-order valence-electron chi connectivity index (χ3n) is 4.83. The molecule has 1 saturated heterocycles. The number of amides is 1. The van der Waals surface area contributed by atoms with Gasteiger partial charge in [-0.3, -0.25) is 4.79 Å². The summed E-state index contributed by atoms with van der Waals surface area (Å²) in [5, 5.41) is 2.89. The van der Waals surface area contributed by atoms with Gasteiger partial charge in [0, 0.05) is 18.7 Å². The molecule has 1 fully saturated rings. The zero-order chi connectivity index (χ0) is 21.6. The van der Waals surface area contributed by atoms with E-state index in [0.29, 0.717) is 44.0 Å². The third-order valence-corrected chi connectivity index (χ3v) is 6.68. The summed E-state index contributed by atoms with van der Waals surface area (Å²) in [5.41, 5.74) is 2.28. The molecule has 0 aromatic heterocycles. The van der Waals surface area contributed by atoms with Crippen LogP contribution in [0.15, 0.2) is 48.5 Å². The number of sulfonamides is 1. The van der Waals surface area contributed by atoms with Crippen molar-refractivity contribution in [2.45, 2.75) is 25.6 Å². The van der Waals surface area contributed by atoms with E-state index < -0.39 is 10.0 Å². The predicted molar refractivity (Wildman–Crippen MR) is 115 cm³/mol. The van der Waals surface area contributed by atoms with Gasteiger partial charge in [-0.2, -0.15) is 4.31 Å². The van der Waals surface area contributed by atoms with Crippen molar-refractivity contribution >= 4 is 15.9 Å². The van der Waals surface area contributed by atoms with Crippen LogP contribution in [0.1, 0.15) is 28.4 Å². The highest BCUT2D eigenvalue weighted by Crippen LogP contribution is 2.14. The van der Waals surface area contributed by atoms with E-state index in [1.807, 2.05) is 38.1 Å². The van der Waals surface area contributed by atoms with E-state index in [1.54, 1.807) is 24.3 Å². The van der Waals surface area contributed by atoms with Gasteiger partial charge in [-0.1, -0.05) is 29.8 Å². The largest absolute Gasteiger partial charge is 0.491 e. The lowest BCUT2D eigenvalue weighted by atomic mass is 10.1. The second-order valence-electron chi connectivity index (χ2n) is 7.46. The van der Waals surface area contributed by atoms with E-state index in [1.165, 1.54) is 4.31 Å². The summed E-state index contributed by atoms with van der Waals surface area (Å²) in [7, 11) is -3.39. The normalized spacial score (nSPS) is 16.1. The van der Waals surface area contributed by atoms with Gasteiger partial charge in [0.25, 0.3) is 5.91 Å². The van der Waals surface area contributed by atoms with Gasteiger partial charge in [0.1, 0.15) is 12.4 Å². The third kappa shape index (κ3) is 6.29. The van der Waals surface area contributed by atoms with Crippen molar-refractivity contribution in [3.8, 4) is 5.75 Å². The number of morpholine rings is 1. The highest BCUT2D eigenvalue weighted by atomic mass is 32.2. The number of benzene rings is 2. The first kappa shape index (κ1) is 22.3. The van der Waals surface area contributed by atoms with Gasteiger partial charge in [-0.25, -0.2) is 8.42 Å². The molecule has 1 atom stereocenters. The molecule has 1 N–H and O–H groups in total. The Labute approximate surface area is 178 Å². The van der Waals surface area contributed by atoms with E-state index in [0.717, 1.165) is 11.3 Å². The van der Waals surface area contributed by atoms with Crippen molar-refractivity contribution in [2.75, 3.05) is 32.9 Å². The molecule has 8 heteroatoms. The predicted octanol–water partition coefficient (Wildman–Crippen LogP) is 2.35. The summed E-state index contributed by atoms with van der Waals surface area (Å²) in [5.74, 6) is 0.445. The summed E-state index contributed by atoms with van der Waals surface area (Å²) in [6.45, 7) is 5.83. The van der Waals surface area contributed by atoms with Crippen LogP contribution >= 0.6 is 0 Å². The molecular formula is C22H28N2O5S. The Kier molecular flexibility index (Phi) is 7.47. The molecule has 0 spiro atoms. The lowest BCUT2D eigenvalue weighted by molar-refractivity contribution is 0.0729. The van der Waals surface area contributed by atoms with Crippen LogP contribution in [-0.2, 0) is 20.5 Å². The van der Waals surface area contributed by atoms with E-state index in [2.05, 4.69) is 5.32 Å². The molecule has 162 valence electrons. The maximum Gasteiger partial charge on any atom is 0.251 e. The lowest BCUT2D eigenvalue weighted by Gasteiger charge is -2.26. The van der Waals surface area contributed by atoms with Crippen LogP contribution in [0.2, 0.25) is 0 Å². The number of hydrogen-bond donors (Lipinski definition) is 1. The molecule has 0 bridgehead atoms. The molecule has 0 unspecified atom stereocenters. The topological polar surface area (TPSA) is 84.9 Å². The Balaban J connectivity index is 1.51. The molecule has 1 amide bonds. The van der Waals surface area contributed by atoms with Crippen LogP contribution in [0.5, 0.6) is 5.75 Å². The summed E-state index contributed by atoms with van der Waals surface area (Å²) < 4.78 is 37.4. The van der Waals surface area contributed by atoms with Crippen LogP contribution < -0.4 is 10.1 Å². The number of hydrogen-bond acceptors (Lipinski definition) is 5. The van der Waals surface area contributed by atoms with Crippen molar-refractivity contribution in [2.24, 2.45) is 0 Å². The molecule has 1 heterocycles. The summed E-state index contributed by atoms with van der Waals surface area (Å²) in [4.78, 5) is 12.4. The zero-order valence-electron chi connectivity index (χ0n) is 17.3. The molecule has 7 nitrogen and oxygen atoms in total. The molecule has 2 aromatic rings. The number of carbonyl (C=O) groups is 1. The van der Waals surface area contributed by atoms with E-state index in [9.17, 15) is 13.2 Å². The van der Waals surface area contributed by atoms with Crippen LogP contribution in [0, 0.1) is 6.92 Å². The van der Waals surface area contributed by atoms with Gasteiger partial charge in [0.2, 0.25) is 10.0 Å². The fraction of sp³-hybridized carbons (Fsp3) is 0.409. The number of carbonyl (C=O) groups excluding carboxylic acids is 1. The van der Waals surface area contributed by atoms with Gasteiger partial charge < -0.3 is 14.8 Å². The average molecular weight is 433 g/mol. The molecule has 1 aliphatic rings. The van der Waals surface area contributed by atoms with Crippen molar-refractivity contribution < 1.29 is 22.7 Å². The lowest BCUT2D eigenvalue weighted by Crippen LogP contribution is -2.41. The second kappa shape index (κ2) is 10.1. The molecule has 3 rings (SSSR count). The summed E-state index contributed by atoms with van der Waals surface area (Å²) in [6.07, 6.45) is 0. The minimum atomic E-state index is -3.39. The Morgan fingerprint density at radius 2 is 1.73 bits per heavy atom. The summed E-state index contributed by atoms with van der Waals surface area (Å²) >= 11 is 0. The molecular weight excluding hydrogens is 404 g/mol. The summed E-state index contributed by atoms with van der Waals surface area (Å²) in [6, 6.07) is 14.2. The number of rotatable bonds is 8. The quantitative estimate of drug-likeness (QED) is 0.692. The number of nitrogens with zero attached hydrogens (tertiary/aromatic N) is 1. The van der Waals surface area contributed by atoms with Crippen molar-refractivity contribution in [3.05, 3.63) is 65.2 Å². The fourth-order valence-electron chi connectivity index (χ4n) is 3.08. The molecule has 0 aliphatic carbocycles. The van der Waals surface area contributed by atoms with E-state index in [-0.39, 0.29) is 17.7 Å². The highest BCUT2D eigenvalue weighted by molar-refractivity contribution is 7.88. The Hall–Kier alpha value is -2.42. The number of ether oxygens (including phenoxy) is 2. The van der Waals surface area contributed by atoms with E-state index in [4.69, 9.17) is 9.47 Å². The minimum Gasteiger partial charge on any atom is -0.491 e. The monoisotopic (exact) mass is 432 g/mol. The average Bonchev–Trinajstić information content (AvgIpc) is 2.74. The number of aryl methyl sites for hydroxylation is 1. The van der Waals surface area contributed by atoms with Gasteiger partial charge >= 0.3 is 0 Å². The molecule has 2 aromatic carbocycles. The van der Waals surface area contributed by atoms with Crippen LogP contribution in [-0.4, -0.2) is 57.6 Å². The molecule has 0 radical (unpaired) electrons. The first-order chi connectivity index (χ1) is 14.3. The first-order valence-corrected chi connectivity index (χ1v) is 11.6. The molecule has 30 heavy (non-hydrogen) atoms. The first-order valence-electron chi connectivity index (χ1n) is 9.98. The maximum absolute atomic E-state index is 12.5. The molecule has 0 saturated carbocycles. The smallest absolute Gasteiger partial charge is 0.251 e. The molecule has 1 aliphatic heterocycles. The minimum absolute atomic E-state index is 0.0876. The van der Waals surface area contributed by atoms with Gasteiger partial charge in [-0.05, 0) is 43.7 Å². The van der Waals surface area contributed by atoms with Crippen molar-refractivity contribution in [1.29, 1.82) is 0 Å². The van der Waals surface area contributed by atoms with Crippen LogP contribution in [0.25, 0.3) is 0 Å². The van der Waals surface area contributed by atoms with Crippen molar-refractivity contribution in [1.82, 2.24) is 9.62 Å². The zero-order valence-corrected chi connectivity index (χ0v) is 18.2. The standard InChI is InChI=1S/C22H28N2O5S/c1-17-3-9-21(10-4-17)29-15-18(2)23-22(25)20-7-5-19(6-8-20)16-30(26,27)24-11-13-28-14-12-24/h3-10,18H,11-16H2,1-2H3,(H,23,25)/t18-/m0/s1. The fourth-order valence-corrected chi connectivity index (χ4v) is 4.59. The SMILES string of the molecule is Cc1ccc(OC[C@H](C)NC(=O)c2ccc(CS(=O)(=O)N3CCOCC3)cc2)cc1. The second-order valence-corrected chi connectivity index (χ2v) is 9.43. The maximum atomic E-state index is 12.5. The van der Waals surface area contributed by atoms with Gasteiger partial charge in [0.05, 0.1) is 25.0 Å². The van der Waals surface area contributed by atoms with Crippen molar-refractivity contribution in [3.63, 3.8) is 0 Å². The van der Waals surface area contributed by atoms with Crippen LogP contribution in [0.4, 0.5) is 0 Å². The Morgan fingerprint density at radius 3 is 2.37 bits per heavy atom. The number of nitrogens with one attached hydrogen (secondary N) is 1. The Bertz CT molecular complexity index is 936. The van der Waals surface area contributed by atoms with Crippen LogP contribution in [0.3, 0.4) is 0 Å². The van der Waals surface area contributed by atoms with Gasteiger partial charge in [0.15, 0.2) is 0 Å². The Morgan fingerprint density at radius 1 is 1.10 bits per heavy atom. The highest BCUT2D eigenvalue weighted by Gasteiger charge is 2.24. The van der Waals surface area contributed by atoms with E-state index >= 15 is 0 Å².